The van der Waals surface area contributed by atoms with Crippen LogP contribution in [0.25, 0.3) is 0 Å². The summed E-state index contributed by atoms with van der Waals surface area (Å²) in [5.74, 6) is 0.538. The van der Waals surface area contributed by atoms with Crippen LogP contribution in [-0.4, -0.2) is 12.0 Å². The van der Waals surface area contributed by atoms with Crippen molar-refractivity contribution >= 4 is 28.8 Å². The van der Waals surface area contributed by atoms with E-state index in [2.05, 4.69) is 5.32 Å². The van der Waals surface area contributed by atoms with Gasteiger partial charge in [-0.3, -0.25) is 4.79 Å². The molecule has 21 heavy (non-hydrogen) atoms. The van der Waals surface area contributed by atoms with E-state index in [0.29, 0.717) is 10.8 Å². The molecule has 0 aliphatic rings. The number of rotatable bonds is 5. The van der Waals surface area contributed by atoms with Crippen LogP contribution in [0.4, 0.5) is 0 Å². The second-order valence-corrected chi connectivity index (χ2v) is 6.33. The fourth-order valence-corrected chi connectivity index (χ4v) is 2.89. The molecule has 112 valence electrons. The van der Waals surface area contributed by atoms with Gasteiger partial charge in [-0.1, -0.05) is 17.7 Å². The van der Waals surface area contributed by atoms with E-state index in [-0.39, 0.29) is 11.9 Å². The van der Waals surface area contributed by atoms with Crippen molar-refractivity contribution in [1.29, 1.82) is 0 Å². The lowest BCUT2D eigenvalue weighted by Crippen LogP contribution is -2.37. The van der Waals surface area contributed by atoms with Gasteiger partial charge in [-0.2, -0.15) is 0 Å². The number of benzene rings is 1. The highest BCUT2D eigenvalue weighted by atomic mass is 35.5. The lowest BCUT2D eigenvalue weighted by Gasteiger charge is -2.19. The minimum Gasteiger partial charge on any atom is -0.481 e. The predicted octanol–water partition coefficient (Wildman–Crippen LogP) is 4.35. The lowest BCUT2D eigenvalue weighted by atomic mass is 10.2. The Bertz CT molecular complexity index is 613. The first-order valence-corrected chi connectivity index (χ1v) is 7.99. The van der Waals surface area contributed by atoms with Crippen molar-refractivity contribution in [2.24, 2.45) is 0 Å². The van der Waals surface area contributed by atoms with Crippen LogP contribution in [0.3, 0.4) is 0 Å². The molecule has 1 N–H and O–H groups in total. The summed E-state index contributed by atoms with van der Waals surface area (Å²) in [6, 6.07) is 9.31. The SMILES string of the molecule is Cc1cc(Cl)ccc1O[C@@H](C)C(=O)N[C@H](C)c1cccs1. The molecule has 0 saturated carbocycles. The third kappa shape index (κ3) is 4.22. The first-order chi connectivity index (χ1) is 9.97. The van der Waals surface area contributed by atoms with Gasteiger partial charge >= 0.3 is 0 Å². The fraction of sp³-hybridized carbons (Fsp3) is 0.312. The molecule has 5 heteroatoms. The van der Waals surface area contributed by atoms with E-state index < -0.39 is 6.10 Å². The predicted molar refractivity (Wildman–Crippen MR) is 87.2 cm³/mol. The van der Waals surface area contributed by atoms with Crippen LogP contribution in [0.1, 0.15) is 30.3 Å². The Morgan fingerprint density at radius 1 is 1.33 bits per heavy atom. The van der Waals surface area contributed by atoms with Gasteiger partial charge < -0.3 is 10.1 Å². The lowest BCUT2D eigenvalue weighted by molar-refractivity contribution is -0.127. The molecule has 2 rings (SSSR count). The van der Waals surface area contributed by atoms with Gasteiger partial charge in [0.25, 0.3) is 5.91 Å². The summed E-state index contributed by atoms with van der Waals surface area (Å²) in [6.07, 6.45) is -0.563. The first-order valence-electron chi connectivity index (χ1n) is 6.74. The molecule has 0 aliphatic heterocycles. The molecular formula is C16H18ClNO2S. The Labute approximate surface area is 133 Å². The third-order valence-electron chi connectivity index (χ3n) is 3.14. The van der Waals surface area contributed by atoms with Crippen LogP contribution in [0.5, 0.6) is 5.75 Å². The zero-order valence-corrected chi connectivity index (χ0v) is 13.8. The molecule has 1 amide bonds. The van der Waals surface area contributed by atoms with Crippen molar-refractivity contribution in [2.75, 3.05) is 0 Å². The number of carbonyl (C=O) groups is 1. The van der Waals surface area contributed by atoms with Crippen LogP contribution in [0.2, 0.25) is 5.02 Å². The number of amides is 1. The van der Waals surface area contributed by atoms with E-state index in [1.807, 2.05) is 37.4 Å². The van der Waals surface area contributed by atoms with Crippen LogP contribution in [0.15, 0.2) is 35.7 Å². The van der Waals surface area contributed by atoms with E-state index in [1.165, 1.54) is 0 Å². The number of hydrogen-bond acceptors (Lipinski definition) is 3. The second-order valence-electron chi connectivity index (χ2n) is 4.92. The summed E-state index contributed by atoms with van der Waals surface area (Å²) in [7, 11) is 0. The highest BCUT2D eigenvalue weighted by Crippen LogP contribution is 2.23. The molecule has 0 spiro atoms. The molecule has 0 bridgehead atoms. The van der Waals surface area contributed by atoms with Gasteiger partial charge in [0.2, 0.25) is 0 Å². The fourth-order valence-electron chi connectivity index (χ4n) is 1.93. The smallest absolute Gasteiger partial charge is 0.261 e. The molecule has 1 aromatic carbocycles. The summed E-state index contributed by atoms with van der Waals surface area (Å²) in [5.41, 5.74) is 0.911. The summed E-state index contributed by atoms with van der Waals surface area (Å²) in [5, 5.41) is 5.60. The van der Waals surface area contributed by atoms with Gasteiger partial charge in [0.05, 0.1) is 6.04 Å². The maximum atomic E-state index is 12.2. The van der Waals surface area contributed by atoms with Crippen molar-refractivity contribution in [3.05, 3.63) is 51.2 Å². The summed E-state index contributed by atoms with van der Waals surface area (Å²) >= 11 is 7.53. The van der Waals surface area contributed by atoms with Gasteiger partial charge in [0.15, 0.2) is 6.10 Å². The highest BCUT2D eigenvalue weighted by molar-refractivity contribution is 7.10. The molecule has 1 heterocycles. The Balaban J connectivity index is 1.96. The molecule has 0 fully saturated rings. The normalized spacial score (nSPS) is 13.5. The molecule has 0 radical (unpaired) electrons. The average molecular weight is 324 g/mol. The molecule has 0 saturated heterocycles. The largest absolute Gasteiger partial charge is 0.481 e. The van der Waals surface area contributed by atoms with E-state index >= 15 is 0 Å². The Kier molecular flexibility index (Phi) is 5.26. The minimum absolute atomic E-state index is 0.0186. The van der Waals surface area contributed by atoms with Crippen LogP contribution in [-0.2, 0) is 4.79 Å². The summed E-state index contributed by atoms with van der Waals surface area (Å²) in [4.78, 5) is 13.3. The van der Waals surface area contributed by atoms with Crippen LogP contribution < -0.4 is 10.1 Å². The van der Waals surface area contributed by atoms with Crippen molar-refractivity contribution in [3.8, 4) is 5.75 Å². The standard InChI is InChI=1S/C16H18ClNO2S/c1-10-9-13(17)6-7-14(10)20-12(3)16(19)18-11(2)15-5-4-8-21-15/h4-9,11-12H,1-3H3,(H,18,19)/t11-,12+/m1/s1. The van der Waals surface area contributed by atoms with Crippen molar-refractivity contribution in [2.45, 2.75) is 32.9 Å². The van der Waals surface area contributed by atoms with Crippen molar-refractivity contribution in [1.82, 2.24) is 5.32 Å². The number of hydrogen-bond donors (Lipinski definition) is 1. The average Bonchev–Trinajstić information content (AvgIpc) is 2.95. The highest BCUT2D eigenvalue weighted by Gasteiger charge is 2.18. The molecule has 0 aliphatic carbocycles. The number of halogens is 1. The van der Waals surface area contributed by atoms with E-state index in [0.717, 1.165) is 10.4 Å². The van der Waals surface area contributed by atoms with Gasteiger partial charge in [-0.15, -0.1) is 11.3 Å². The van der Waals surface area contributed by atoms with Gasteiger partial charge in [0, 0.05) is 9.90 Å². The molecule has 3 nitrogen and oxygen atoms in total. The number of aryl methyl sites for hydroxylation is 1. The number of ether oxygens (including phenoxy) is 1. The second kappa shape index (κ2) is 6.96. The zero-order chi connectivity index (χ0) is 15.4. The van der Waals surface area contributed by atoms with Crippen LogP contribution in [0, 0.1) is 6.92 Å². The van der Waals surface area contributed by atoms with Gasteiger partial charge in [0.1, 0.15) is 5.75 Å². The summed E-state index contributed by atoms with van der Waals surface area (Å²) < 4.78 is 5.71. The monoisotopic (exact) mass is 323 g/mol. The maximum absolute atomic E-state index is 12.2. The first kappa shape index (κ1) is 15.9. The number of thiophene rings is 1. The zero-order valence-electron chi connectivity index (χ0n) is 12.2. The molecule has 2 atom stereocenters. The van der Waals surface area contributed by atoms with Crippen molar-refractivity contribution < 1.29 is 9.53 Å². The maximum Gasteiger partial charge on any atom is 0.261 e. The minimum atomic E-state index is -0.563. The Morgan fingerprint density at radius 3 is 2.71 bits per heavy atom. The quantitative estimate of drug-likeness (QED) is 0.888. The van der Waals surface area contributed by atoms with E-state index in [9.17, 15) is 4.79 Å². The van der Waals surface area contributed by atoms with E-state index in [1.54, 1.807) is 30.4 Å². The Hall–Kier alpha value is -1.52. The third-order valence-corrected chi connectivity index (χ3v) is 4.43. The molecule has 2 aromatic rings. The molecule has 1 aromatic heterocycles. The topological polar surface area (TPSA) is 38.3 Å². The van der Waals surface area contributed by atoms with Crippen LogP contribution >= 0.6 is 22.9 Å². The Morgan fingerprint density at radius 2 is 2.10 bits per heavy atom. The van der Waals surface area contributed by atoms with Gasteiger partial charge in [-0.25, -0.2) is 0 Å². The molecule has 0 unspecified atom stereocenters. The summed E-state index contributed by atoms with van der Waals surface area (Å²) in [6.45, 7) is 5.61. The van der Waals surface area contributed by atoms with Gasteiger partial charge in [-0.05, 0) is 56.0 Å². The molecular weight excluding hydrogens is 306 g/mol. The van der Waals surface area contributed by atoms with E-state index in [4.69, 9.17) is 16.3 Å². The number of nitrogens with one attached hydrogen (secondary N) is 1. The number of carbonyl (C=O) groups excluding carboxylic acids is 1. The van der Waals surface area contributed by atoms with Crippen molar-refractivity contribution in [3.63, 3.8) is 0 Å².